The third kappa shape index (κ3) is 4.35. The van der Waals surface area contributed by atoms with Crippen molar-refractivity contribution in [3.05, 3.63) is 29.8 Å². The van der Waals surface area contributed by atoms with Crippen LogP contribution in [0.3, 0.4) is 0 Å². The molecule has 1 saturated heterocycles. The summed E-state index contributed by atoms with van der Waals surface area (Å²) in [5.74, 6) is 0.500. The Bertz CT molecular complexity index is 456. The van der Waals surface area contributed by atoms with Crippen molar-refractivity contribution in [1.29, 1.82) is 0 Å². The van der Waals surface area contributed by atoms with Crippen LogP contribution in [0.15, 0.2) is 24.3 Å². The van der Waals surface area contributed by atoms with Crippen LogP contribution in [0.2, 0.25) is 0 Å². The van der Waals surface area contributed by atoms with Gasteiger partial charge >= 0.3 is 6.36 Å². The van der Waals surface area contributed by atoms with Crippen molar-refractivity contribution in [2.24, 2.45) is 11.7 Å². The second-order valence-corrected chi connectivity index (χ2v) is 5.56. The third-order valence-corrected chi connectivity index (χ3v) is 3.99. The van der Waals surface area contributed by atoms with Gasteiger partial charge in [0.05, 0.1) is 6.04 Å². The number of nitrogens with two attached hydrogens (primary N) is 1. The number of alkyl halides is 3. The van der Waals surface area contributed by atoms with E-state index < -0.39 is 6.36 Å². The van der Waals surface area contributed by atoms with Gasteiger partial charge in [0.15, 0.2) is 0 Å². The quantitative estimate of drug-likeness (QED) is 0.927. The first-order chi connectivity index (χ1) is 9.90. The number of halogens is 3. The number of rotatable bonds is 4. The molecule has 118 valence electrons. The summed E-state index contributed by atoms with van der Waals surface area (Å²) in [5.41, 5.74) is 6.33. The summed E-state index contributed by atoms with van der Waals surface area (Å²) < 4.78 is 41.7. The lowest BCUT2D eigenvalue weighted by Gasteiger charge is -2.37. The molecule has 0 aliphatic carbocycles. The Balaban J connectivity index is 2.21. The Kier molecular flexibility index (Phi) is 5.11. The number of hydrogen-bond acceptors (Lipinski definition) is 3. The summed E-state index contributed by atoms with van der Waals surface area (Å²) in [6.07, 6.45) is -2.61. The number of piperidine rings is 1. The van der Waals surface area contributed by atoms with Gasteiger partial charge in [-0.1, -0.05) is 25.1 Å². The molecule has 0 amide bonds. The van der Waals surface area contributed by atoms with Gasteiger partial charge < -0.3 is 10.5 Å². The van der Waals surface area contributed by atoms with Gasteiger partial charge in [0.2, 0.25) is 0 Å². The number of ether oxygens (including phenoxy) is 1. The van der Waals surface area contributed by atoms with Gasteiger partial charge in [-0.25, -0.2) is 0 Å². The molecule has 0 radical (unpaired) electrons. The molecule has 1 heterocycles. The Morgan fingerprint density at radius 2 is 1.90 bits per heavy atom. The molecule has 0 saturated carbocycles. The highest BCUT2D eigenvalue weighted by Gasteiger charge is 2.34. The molecule has 1 aromatic carbocycles. The van der Waals surface area contributed by atoms with E-state index in [4.69, 9.17) is 5.73 Å². The van der Waals surface area contributed by atoms with Crippen LogP contribution in [0, 0.1) is 5.92 Å². The summed E-state index contributed by atoms with van der Waals surface area (Å²) in [6, 6.07) is 6.02. The molecule has 0 unspecified atom stereocenters. The lowest BCUT2D eigenvalue weighted by atomic mass is 9.95. The highest BCUT2D eigenvalue weighted by molar-refractivity contribution is 5.36. The SMILES string of the molecule is CC1CCN([C@@H](CN)c2ccccc2OC(F)(F)F)CC1. The van der Waals surface area contributed by atoms with Gasteiger partial charge in [0.1, 0.15) is 5.75 Å². The molecule has 0 spiro atoms. The van der Waals surface area contributed by atoms with E-state index in [-0.39, 0.29) is 18.3 Å². The first kappa shape index (κ1) is 16.1. The van der Waals surface area contributed by atoms with Gasteiger partial charge in [-0.15, -0.1) is 13.2 Å². The lowest BCUT2D eigenvalue weighted by molar-refractivity contribution is -0.275. The molecule has 1 fully saturated rings. The predicted octanol–water partition coefficient (Wildman–Crippen LogP) is 3.32. The fourth-order valence-electron chi connectivity index (χ4n) is 2.79. The summed E-state index contributed by atoms with van der Waals surface area (Å²) in [7, 11) is 0. The van der Waals surface area contributed by atoms with E-state index in [2.05, 4.69) is 16.6 Å². The van der Waals surface area contributed by atoms with Crippen LogP contribution >= 0.6 is 0 Å². The van der Waals surface area contributed by atoms with E-state index >= 15 is 0 Å². The Labute approximate surface area is 122 Å². The average molecular weight is 302 g/mol. The van der Waals surface area contributed by atoms with Gasteiger partial charge in [-0.2, -0.15) is 0 Å². The van der Waals surface area contributed by atoms with E-state index in [0.29, 0.717) is 11.5 Å². The minimum Gasteiger partial charge on any atom is -0.405 e. The van der Waals surface area contributed by atoms with Crippen molar-refractivity contribution in [3.8, 4) is 5.75 Å². The number of nitrogens with zero attached hydrogens (tertiary/aromatic N) is 1. The molecule has 1 aliphatic heterocycles. The largest absolute Gasteiger partial charge is 0.573 e. The summed E-state index contributed by atoms with van der Waals surface area (Å²) in [4.78, 5) is 2.15. The van der Waals surface area contributed by atoms with E-state index in [1.54, 1.807) is 12.1 Å². The second-order valence-electron chi connectivity index (χ2n) is 5.56. The lowest BCUT2D eigenvalue weighted by Crippen LogP contribution is -2.39. The summed E-state index contributed by atoms with van der Waals surface area (Å²) in [5, 5.41) is 0. The molecule has 3 nitrogen and oxygen atoms in total. The van der Waals surface area contributed by atoms with Crippen LogP contribution in [0.5, 0.6) is 5.75 Å². The van der Waals surface area contributed by atoms with Crippen LogP contribution in [-0.2, 0) is 0 Å². The molecular formula is C15H21F3N2O. The van der Waals surface area contributed by atoms with E-state index in [1.807, 2.05) is 0 Å². The van der Waals surface area contributed by atoms with Crippen molar-refractivity contribution in [2.45, 2.75) is 32.2 Å². The Hall–Kier alpha value is -1.27. The number of benzene rings is 1. The maximum atomic E-state index is 12.5. The fraction of sp³-hybridized carbons (Fsp3) is 0.600. The van der Waals surface area contributed by atoms with Gasteiger partial charge in [0.25, 0.3) is 0 Å². The molecular weight excluding hydrogens is 281 g/mol. The zero-order valence-electron chi connectivity index (χ0n) is 12.1. The standard InChI is InChI=1S/C15H21F3N2O/c1-11-6-8-20(9-7-11)13(10-19)12-4-2-3-5-14(12)21-15(16,17)18/h2-5,11,13H,6-10,19H2,1H3/t13-/m0/s1. The molecule has 1 aromatic rings. The van der Waals surface area contributed by atoms with Crippen LogP contribution in [0.25, 0.3) is 0 Å². The van der Waals surface area contributed by atoms with Crippen LogP contribution in [0.1, 0.15) is 31.4 Å². The highest BCUT2D eigenvalue weighted by atomic mass is 19.4. The molecule has 2 rings (SSSR count). The van der Waals surface area contributed by atoms with Crippen LogP contribution in [-0.4, -0.2) is 30.9 Å². The summed E-state index contributed by atoms with van der Waals surface area (Å²) in [6.45, 7) is 4.16. The maximum absolute atomic E-state index is 12.5. The molecule has 6 heteroatoms. The second kappa shape index (κ2) is 6.66. The molecule has 21 heavy (non-hydrogen) atoms. The van der Waals surface area contributed by atoms with Crippen molar-refractivity contribution in [3.63, 3.8) is 0 Å². The first-order valence-electron chi connectivity index (χ1n) is 7.19. The monoisotopic (exact) mass is 302 g/mol. The smallest absolute Gasteiger partial charge is 0.405 e. The van der Waals surface area contributed by atoms with Crippen molar-refractivity contribution < 1.29 is 17.9 Å². The number of hydrogen-bond donors (Lipinski definition) is 1. The summed E-state index contributed by atoms with van der Waals surface area (Å²) >= 11 is 0. The molecule has 1 atom stereocenters. The Morgan fingerprint density at radius 3 is 2.48 bits per heavy atom. The average Bonchev–Trinajstić information content (AvgIpc) is 2.42. The van der Waals surface area contributed by atoms with E-state index in [1.165, 1.54) is 12.1 Å². The third-order valence-electron chi connectivity index (χ3n) is 3.99. The first-order valence-corrected chi connectivity index (χ1v) is 7.19. The van der Waals surface area contributed by atoms with Gasteiger partial charge in [-0.3, -0.25) is 4.90 Å². The Morgan fingerprint density at radius 1 is 1.29 bits per heavy atom. The highest BCUT2D eigenvalue weighted by Crippen LogP contribution is 2.34. The van der Waals surface area contributed by atoms with Crippen molar-refractivity contribution in [2.75, 3.05) is 19.6 Å². The van der Waals surface area contributed by atoms with Crippen molar-refractivity contribution >= 4 is 0 Å². The van der Waals surface area contributed by atoms with Gasteiger partial charge in [0, 0.05) is 12.1 Å². The molecule has 0 aromatic heterocycles. The van der Waals surface area contributed by atoms with Crippen LogP contribution in [0.4, 0.5) is 13.2 Å². The molecule has 1 aliphatic rings. The van der Waals surface area contributed by atoms with Gasteiger partial charge in [-0.05, 0) is 37.9 Å². The number of para-hydroxylation sites is 1. The predicted molar refractivity (Wildman–Crippen MR) is 74.9 cm³/mol. The van der Waals surface area contributed by atoms with Crippen molar-refractivity contribution in [1.82, 2.24) is 4.90 Å². The maximum Gasteiger partial charge on any atom is 0.573 e. The van der Waals surface area contributed by atoms with E-state index in [9.17, 15) is 13.2 Å². The fourth-order valence-corrected chi connectivity index (χ4v) is 2.79. The number of likely N-dealkylation sites (tertiary alicyclic amines) is 1. The minimum absolute atomic E-state index is 0.154. The van der Waals surface area contributed by atoms with E-state index in [0.717, 1.165) is 25.9 Å². The molecule has 0 bridgehead atoms. The zero-order chi connectivity index (χ0) is 15.5. The minimum atomic E-state index is -4.69. The zero-order valence-corrected chi connectivity index (χ0v) is 12.1. The van der Waals surface area contributed by atoms with Crippen LogP contribution < -0.4 is 10.5 Å². The molecule has 2 N–H and O–H groups in total. The topological polar surface area (TPSA) is 38.5 Å². The normalized spacial score (nSPS) is 19.5.